The van der Waals surface area contributed by atoms with Crippen molar-refractivity contribution in [3.8, 4) is 5.75 Å². The molecule has 0 radical (unpaired) electrons. The monoisotopic (exact) mass is 544 g/mol. The van der Waals surface area contributed by atoms with Gasteiger partial charge in [0, 0.05) is 4.47 Å². The van der Waals surface area contributed by atoms with E-state index >= 15 is 0 Å². The van der Waals surface area contributed by atoms with Crippen LogP contribution in [0.3, 0.4) is 0 Å². The van der Waals surface area contributed by atoms with Crippen LogP contribution in [0.1, 0.15) is 22.3 Å². The van der Waals surface area contributed by atoms with E-state index in [0.717, 1.165) is 21.2 Å². The first-order valence-electron chi connectivity index (χ1n) is 10.1. The van der Waals surface area contributed by atoms with E-state index in [9.17, 15) is 9.59 Å². The summed E-state index contributed by atoms with van der Waals surface area (Å²) in [7, 11) is 0. The summed E-state index contributed by atoms with van der Waals surface area (Å²) in [5.41, 5.74) is 3.62. The Morgan fingerprint density at radius 1 is 1.00 bits per heavy atom. The summed E-state index contributed by atoms with van der Waals surface area (Å²) < 4.78 is 6.78. The Balaban J connectivity index is 1.49. The Kier molecular flexibility index (Phi) is 7.08. The van der Waals surface area contributed by atoms with Crippen molar-refractivity contribution in [1.29, 1.82) is 0 Å². The molecule has 0 aliphatic carbocycles. The van der Waals surface area contributed by atoms with E-state index in [1.165, 1.54) is 4.90 Å². The largest absolute Gasteiger partial charge is 0.486 e. The third-order valence-corrected chi connectivity index (χ3v) is 6.10. The highest BCUT2D eigenvalue weighted by Gasteiger charge is 2.33. The Labute approximate surface area is 210 Å². The van der Waals surface area contributed by atoms with Crippen molar-refractivity contribution in [2.24, 2.45) is 0 Å². The summed E-state index contributed by atoms with van der Waals surface area (Å²) in [6.45, 7) is 2.45. The molecule has 8 heteroatoms. The van der Waals surface area contributed by atoms with Gasteiger partial charge in [-0.1, -0.05) is 81.1 Å². The van der Waals surface area contributed by atoms with Crippen LogP contribution in [0.5, 0.6) is 5.75 Å². The van der Waals surface area contributed by atoms with Gasteiger partial charge in [0.2, 0.25) is 0 Å². The van der Waals surface area contributed by atoms with E-state index in [4.69, 9.17) is 27.9 Å². The number of amides is 3. The summed E-state index contributed by atoms with van der Waals surface area (Å²) >= 11 is 16.2. The Morgan fingerprint density at radius 2 is 1.70 bits per heavy atom. The van der Waals surface area contributed by atoms with Crippen LogP contribution < -0.4 is 10.1 Å². The van der Waals surface area contributed by atoms with Gasteiger partial charge in [0.25, 0.3) is 5.91 Å². The van der Waals surface area contributed by atoms with E-state index in [1.807, 2.05) is 55.5 Å². The molecule has 33 heavy (non-hydrogen) atoms. The highest BCUT2D eigenvalue weighted by Crippen LogP contribution is 2.35. The predicted molar refractivity (Wildman–Crippen MR) is 133 cm³/mol. The molecule has 5 nitrogen and oxygen atoms in total. The molecule has 0 aromatic heterocycles. The fourth-order valence-electron chi connectivity index (χ4n) is 3.41. The Morgan fingerprint density at radius 3 is 2.36 bits per heavy atom. The smallest absolute Gasteiger partial charge is 0.329 e. The minimum atomic E-state index is -0.473. The number of carbonyl (C=O) groups excluding carboxylic acids is 2. The number of carbonyl (C=O) groups is 2. The second-order valence-corrected chi connectivity index (χ2v) is 9.33. The molecule has 4 rings (SSSR count). The van der Waals surface area contributed by atoms with E-state index in [2.05, 4.69) is 21.2 Å². The van der Waals surface area contributed by atoms with Gasteiger partial charge >= 0.3 is 6.03 Å². The first kappa shape index (κ1) is 23.4. The SMILES string of the molecule is Cc1cccc(CN2C(=O)N/C(=C/c3cc(Cl)c(OCc4ccc(Br)cc4)c(Cl)c3)C2=O)c1. The molecule has 3 aromatic carbocycles. The van der Waals surface area contributed by atoms with E-state index < -0.39 is 11.9 Å². The van der Waals surface area contributed by atoms with Crippen molar-refractivity contribution >= 4 is 57.1 Å². The number of rotatable bonds is 6. The van der Waals surface area contributed by atoms with E-state index in [-0.39, 0.29) is 12.2 Å². The lowest BCUT2D eigenvalue weighted by atomic mass is 10.1. The van der Waals surface area contributed by atoms with Crippen molar-refractivity contribution in [2.45, 2.75) is 20.1 Å². The minimum Gasteiger partial charge on any atom is -0.486 e. The molecule has 3 amide bonds. The van der Waals surface area contributed by atoms with E-state index in [0.29, 0.717) is 28.0 Å². The minimum absolute atomic E-state index is 0.156. The van der Waals surface area contributed by atoms with Crippen LogP contribution in [-0.2, 0) is 17.9 Å². The summed E-state index contributed by atoms with van der Waals surface area (Å²) in [6.07, 6.45) is 1.55. The maximum atomic E-state index is 12.8. The van der Waals surface area contributed by atoms with Crippen molar-refractivity contribution < 1.29 is 14.3 Å². The molecule has 0 unspecified atom stereocenters. The van der Waals surface area contributed by atoms with Crippen LogP contribution >= 0.6 is 39.1 Å². The number of halogens is 3. The summed E-state index contributed by atoms with van der Waals surface area (Å²) in [5.74, 6) is -0.0597. The molecular weight excluding hydrogens is 527 g/mol. The standard InChI is InChI=1S/C25H19BrCl2N2O3/c1-15-3-2-4-17(9-15)13-30-24(31)22(29-25(30)32)12-18-10-20(27)23(21(28)11-18)33-14-16-5-7-19(26)8-6-16/h2-12H,13-14H2,1H3,(H,29,32)/b22-12+. The second kappa shape index (κ2) is 10.00. The topological polar surface area (TPSA) is 58.6 Å². The fraction of sp³-hybridized carbons (Fsp3) is 0.120. The maximum absolute atomic E-state index is 12.8. The van der Waals surface area contributed by atoms with Crippen LogP contribution in [0, 0.1) is 6.92 Å². The number of nitrogens with zero attached hydrogens (tertiary/aromatic N) is 1. The van der Waals surface area contributed by atoms with E-state index in [1.54, 1.807) is 18.2 Å². The molecule has 0 atom stereocenters. The zero-order valence-electron chi connectivity index (χ0n) is 17.6. The van der Waals surface area contributed by atoms with Crippen molar-refractivity contribution in [3.05, 3.63) is 103 Å². The molecule has 1 N–H and O–H groups in total. The van der Waals surface area contributed by atoms with Crippen LogP contribution in [-0.4, -0.2) is 16.8 Å². The van der Waals surface area contributed by atoms with Crippen LogP contribution in [0.2, 0.25) is 10.0 Å². The van der Waals surface area contributed by atoms with Gasteiger partial charge in [0.1, 0.15) is 12.3 Å². The second-order valence-electron chi connectivity index (χ2n) is 7.60. The summed E-state index contributed by atoms with van der Waals surface area (Å²) in [4.78, 5) is 26.4. The number of urea groups is 1. The Bertz CT molecular complexity index is 1240. The van der Waals surface area contributed by atoms with Gasteiger partial charge < -0.3 is 10.1 Å². The van der Waals surface area contributed by atoms with Gasteiger partial charge in [0.15, 0.2) is 5.75 Å². The number of ether oxygens (including phenoxy) is 1. The third kappa shape index (κ3) is 5.58. The van der Waals surface area contributed by atoms with Crippen molar-refractivity contribution in [1.82, 2.24) is 10.2 Å². The molecular formula is C25H19BrCl2N2O3. The average Bonchev–Trinajstić information content (AvgIpc) is 3.02. The van der Waals surface area contributed by atoms with Crippen molar-refractivity contribution in [2.75, 3.05) is 0 Å². The molecule has 1 heterocycles. The lowest BCUT2D eigenvalue weighted by Crippen LogP contribution is -2.30. The third-order valence-electron chi connectivity index (χ3n) is 5.01. The number of aryl methyl sites for hydroxylation is 1. The van der Waals surface area contributed by atoms with Gasteiger partial charge in [0.05, 0.1) is 16.6 Å². The fourth-order valence-corrected chi connectivity index (χ4v) is 4.29. The molecule has 3 aromatic rings. The van der Waals surface area contributed by atoms with Gasteiger partial charge in [-0.25, -0.2) is 4.79 Å². The van der Waals surface area contributed by atoms with Gasteiger partial charge in [-0.2, -0.15) is 0 Å². The highest BCUT2D eigenvalue weighted by molar-refractivity contribution is 9.10. The van der Waals surface area contributed by atoms with Gasteiger partial charge in [-0.05, 0) is 54.0 Å². The molecule has 1 aliphatic heterocycles. The molecule has 168 valence electrons. The quantitative estimate of drug-likeness (QED) is 0.276. The number of imide groups is 1. The van der Waals surface area contributed by atoms with Crippen LogP contribution in [0.4, 0.5) is 4.79 Å². The molecule has 0 bridgehead atoms. The first-order valence-corrected chi connectivity index (χ1v) is 11.6. The van der Waals surface area contributed by atoms with Crippen LogP contribution in [0.15, 0.2) is 70.8 Å². The zero-order chi connectivity index (χ0) is 23.5. The van der Waals surface area contributed by atoms with Gasteiger partial charge in [-0.15, -0.1) is 0 Å². The number of hydrogen-bond donors (Lipinski definition) is 1. The highest BCUT2D eigenvalue weighted by atomic mass is 79.9. The zero-order valence-corrected chi connectivity index (χ0v) is 20.7. The molecule has 1 fully saturated rings. The summed E-state index contributed by atoms with van der Waals surface area (Å²) in [6, 6.07) is 18.2. The molecule has 0 saturated carbocycles. The number of nitrogens with one attached hydrogen (secondary N) is 1. The molecule has 1 saturated heterocycles. The number of benzene rings is 3. The summed E-state index contributed by atoms with van der Waals surface area (Å²) in [5, 5.41) is 3.23. The molecule has 0 spiro atoms. The molecule has 1 aliphatic rings. The lowest BCUT2D eigenvalue weighted by molar-refractivity contribution is -0.123. The van der Waals surface area contributed by atoms with Crippen LogP contribution in [0.25, 0.3) is 6.08 Å². The maximum Gasteiger partial charge on any atom is 0.329 e. The average molecular weight is 546 g/mol. The first-order chi connectivity index (χ1) is 15.8. The lowest BCUT2D eigenvalue weighted by Gasteiger charge is -2.12. The predicted octanol–water partition coefficient (Wildman–Crippen LogP) is 6.74. The van der Waals surface area contributed by atoms with Gasteiger partial charge in [-0.3, -0.25) is 9.69 Å². The normalized spacial score (nSPS) is 14.7. The van der Waals surface area contributed by atoms with Crippen molar-refractivity contribution in [3.63, 3.8) is 0 Å². The number of hydrogen-bond acceptors (Lipinski definition) is 3. The Hall–Kier alpha value is -2.80.